The Morgan fingerprint density at radius 3 is 2.53 bits per heavy atom. The molecule has 0 aromatic carbocycles. The highest BCUT2D eigenvalue weighted by atomic mass is 16.7. The second-order valence-electron chi connectivity index (χ2n) is 12.0. The molecule has 2 aliphatic rings. The number of likely N-dealkylation sites (N-methyl/N-ethyl adjacent to an activating group) is 1. The molecular weight excluding hydrogens is 550 g/mol. The largest absolute Gasteiger partial charge is 0.369 e. The molecule has 0 radical (unpaired) electrons. The number of rotatable bonds is 15. The van der Waals surface area contributed by atoms with Crippen LogP contribution in [0.15, 0.2) is 17.6 Å². The van der Waals surface area contributed by atoms with Gasteiger partial charge in [0.25, 0.3) is 0 Å². The van der Waals surface area contributed by atoms with Gasteiger partial charge in [0.2, 0.25) is 6.41 Å². The van der Waals surface area contributed by atoms with Gasteiger partial charge in [-0.25, -0.2) is 19.9 Å². The number of aliphatic imine (C=N–C) groups is 1. The lowest BCUT2D eigenvalue weighted by Crippen LogP contribution is -2.52. The summed E-state index contributed by atoms with van der Waals surface area (Å²) >= 11 is 0. The number of nitrogens with zero attached hydrogens (tertiary/aromatic N) is 9. The zero-order valence-electron chi connectivity index (χ0n) is 27.0. The van der Waals surface area contributed by atoms with E-state index in [9.17, 15) is 0 Å². The van der Waals surface area contributed by atoms with E-state index in [1.807, 2.05) is 25.7 Å². The zero-order valence-corrected chi connectivity index (χ0v) is 27.0. The molecule has 0 N–H and O–H groups in total. The summed E-state index contributed by atoms with van der Waals surface area (Å²) in [5.74, 6) is 1.55. The lowest BCUT2D eigenvalue weighted by molar-refractivity contribution is -0.274. The van der Waals surface area contributed by atoms with Crippen LogP contribution in [0.25, 0.3) is 11.2 Å². The van der Waals surface area contributed by atoms with Crippen LogP contribution < -0.4 is 0 Å². The first kappa shape index (κ1) is 33.2. The Kier molecular flexibility index (Phi) is 11.8. The Hall–Kier alpha value is -2.73. The number of ether oxygens (including phenoxy) is 4. The van der Waals surface area contributed by atoms with E-state index in [-0.39, 0.29) is 31.2 Å². The molecule has 2 saturated heterocycles. The zero-order chi connectivity index (χ0) is 31.1. The quantitative estimate of drug-likeness (QED) is 0.220. The van der Waals surface area contributed by atoms with Crippen LogP contribution in [0.2, 0.25) is 0 Å². The van der Waals surface area contributed by atoms with E-state index in [0.717, 1.165) is 31.8 Å². The van der Waals surface area contributed by atoms with E-state index in [1.165, 1.54) is 6.33 Å². The molecule has 2 aromatic heterocycles. The van der Waals surface area contributed by atoms with Crippen molar-refractivity contribution in [1.82, 2.24) is 34.2 Å². The van der Waals surface area contributed by atoms with Gasteiger partial charge < -0.3 is 28.7 Å². The summed E-state index contributed by atoms with van der Waals surface area (Å²) < 4.78 is 28.2. The Morgan fingerprint density at radius 2 is 1.91 bits per heavy atom. The molecule has 0 bridgehead atoms. The lowest BCUT2D eigenvalue weighted by atomic mass is 10.1. The number of likely N-dealkylation sites (tertiary alicyclic amines) is 1. The van der Waals surface area contributed by atoms with Crippen molar-refractivity contribution in [3.63, 3.8) is 0 Å². The van der Waals surface area contributed by atoms with Crippen molar-refractivity contribution < 1.29 is 18.9 Å². The minimum Gasteiger partial charge on any atom is -0.369 e. The van der Waals surface area contributed by atoms with Gasteiger partial charge in [-0.05, 0) is 54.6 Å². The number of imidazole rings is 1. The van der Waals surface area contributed by atoms with Crippen LogP contribution in [0.5, 0.6) is 0 Å². The van der Waals surface area contributed by atoms with E-state index in [0.29, 0.717) is 30.0 Å². The van der Waals surface area contributed by atoms with Crippen LogP contribution in [0, 0.1) is 11.3 Å². The van der Waals surface area contributed by atoms with Crippen molar-refractivity contribution >= 4 is 22.8 Å². The minimum absolute atomic E-state index is 0.145. The SMILES string of the molecule is CC[C@H]1O[C@@H](n2cnc3c(/N=C4/CCCN4C)ncnc32)[C@H](OCCN(C)C)[C@@H]1OC(OCCC#N)N(C(C)C)C(C)C. The highest BCUT2D eigenvalue weighted by molar-refractivity contribution is 5.90. The molecule has 0 amide bonds. The maximum Gasteiger partial charge on any atom is 0.219 e. The smallest absolute Gasteiger partial charge is 0.219 e. The highest BCUT2D eigenvalue weighted by Gasteiger charge is 2.49. The van der Waals surface area contributed by atoms with Crippen molar-refractivity contribution in [1.29, 1.82) is 5.26 Å². The van der Waals surface area contributed by atoms with Gasteiger partial charge in [-0.2, -0.15) is 5.26 Å². The van der Waals surface area contributed by atoms with Gasteiger partial charge in [0.1, 0.15) is 24.4 Å². The van der Waals surface area contributed by atoms with Gasteiger partial charge in [0, 0.05) is 38.6 Å². The van der Waals surface area contributed by atoms with Crippen LogP contribution in [0.3, 0.4) is 0 Å². The molecule has 2 fully saturated rings. The number of hydrogen-bond acceptors (Lipinski definition) is 11. The molecule has 0 saturated carbocycles. The maximum absolute atomic E-state index is 9.17. The molecule has 13 nitrogen and oxygen atoms in total. The maximum atomic E-state index is 9.17. The lowest BCUT2D eigenvalue weighted by Gasteiger charge is -2.39. The summed E-state index contributed by atoms with van der Waals surface area (Å²) in [5, 5.41) is 9.17. The molecule has 0 spiro atoms. The van der Waals surface area contributed by atoms with Crippen LogP contribution in [-0.2, 0) is 18.9 Å². The number of nitriles is 1. The van der Waals surface area contributed by atoms with E-state index < -0.39 is 24.8 Å². The van der Waals surface area contributed by atoms with Gasteiger partial charge >= 0.3 is 0 Å². The summed E-state index contributed by atoms with van der Waals surface area (Å²) in [7, 11) is 6.08. The van der Waals surface area contributed by atoms with E-state index in [1.54, 1.807) is 6.33 Å². The van der Waals surface area contributed by atoms with Crippen molar-refractivity contribution in [2.45, 2.75) is 103 Å². The first-order valence-electron chi connectivity index (χ1n) is 15.5. The third-order valence-electron chi connectivity index (χ3n) is 7.90. The molecule has 2 aromatic rings. The van der Waals surface area contributed by atoms with Crippen molar-refractivity contribution in [3.8, 4) is 6.07 Å². The van der Waals surface area contributed by atoms with Gasteiger partial charge in [-0.3, -0.25) is 9.47 Å². The summed E-state index contributed by atoms with van der Waals surface area (Å²) in [5.41, 5.74) is 1.25. The van der Waals surface area contributed by atoms with Gasteiger partial charge in [0.15, 0.2) is 23.2 Å². The van der Waals surface area contributed by atoms with Gasteiger partial charge in [0.05, 0.1) is 38.1 Å². The summed E-state index contributed by atoms with van der Waals surface area (Å²) in [4.78, 5) is 25.0. The number of hydrogen-bond donors (Lipinski definition) is 0. The van der Waals surface area contributed by atoms with E-state index >= 15 is 0 Å². The van der Waals surface area contributed by atoms with Gasteiger partial charge in [-0.1, -0.05) is 6.92 Å². The monoisotopic (exact) mass is 599 g/mol. The third-order valence-corrected chi connectivity index (χ3v) is 7.90. The first-order chi connectivity index (χ1) is 20.7. The van der Waals surface area contributed by atoms with Crippen LogP contribution in [0.1, 0.15) is 66.5 Å². The topological polar surface area (TPSA) is 126 Å². The first-order valence-corrected chi connectivity index (χ1v) is 15.5. The Morgan fingerprint density at radius 1 is 1.14 bits per heavy atom. The number of aromatic nitrogens is 4. The molecule has 1 unspecified atom stereocenters. The van der Waals surface area contributed by atoms with E-state index in [4.69, 9.17) is 34.2 Å². The van der Waals surface area contributed by atoms with E-state index in [2.05, 4.69) is 65.4 Å². The summed E-state index contributed by atoms with van der Waals surface area (Å²) in [6, 6.07) is 2.46. The standard InChI is InChI=1S/C30H49N9O4/c1-9-22-25(43-30(41-16-11-13-31)39(20(2)3)21(4)5)26(40-17-15-36(6)7)29(42-22)38-19-34-24-27(32-18-33-28(24)38)35-23-12-10-14-37(23)8/h18-22,25-26,29-30H,9-12,14-17H2,1-8H3/b35-23-/t22-,25-,26-,29-,30?/m1/s1. The summed E-state index contributed by atoms with van der Waals surface area (Å²) in [6.45, 7) is 13.0. The Labute approximate surface area is 255 Å². The van der Waals surface area contributed by atoms with Crippen LogP contribution in [-0.4, -0.2) is 124 Å². The molecule has 0 aliphatic carbocycles. The average Bonchev–Trinajstić information content (AvgIpc) is 3.66. The fourth-order valence-electron chi connectivity index (χ4n) is 5.76. The second kappa shape index (κ2) is 15.3. The predicted octanol–water partition coefficient (Wildman–Crippen LogP) is 3.55. The van der Waals surface area contributed by atoms with Crippen LogP contribution in [0.4, 0.5) is 5.82 Å². The van der Waals surface area contributed by atoms with Crippen molar-refractivity contribution in [3.05, 3.63) is 12.7 Å². The predicted molar refractivity (Wildman–Crippen MR) is 164 cm³/mol. The molecule has 2 aliphatic heterocycles. The molecule has 238 valence electrons. The Balaban J connectivity index is 1.70. The Bertz CT molecular complexity index is 1240. The normalized spacial score (nSPS) is 24.4. The fraction of sp³-hybridized carbons (Fsp3) is 0.767. The molecule has 13 heteroatoms. The molecule has 4 rings (SSSR count). The number of fused-ring (bicyclic) bond motifs is 1. The van der Waals surface area contributed by atoms with Gasteiger partial charge in [-0.15, -0.1) is 0 Å². The molecule has 4 heterocycles. The molecule has 5 atom stereocenters. The fourth-order valence-corrected chi connectivity index (χ4v) is 5.76. The summed E-state index contributed by atoms with van der Waals surface area (Å²) in [6.07, 6.45) is 3.81. The molecular formula is C30H49N9O4. The average molecular weight is 600 g/mol. The number of amidine groups is 1. The third kappa shape index (κ3) is 7.87. The van der Waals surface area contributed by atoms with Crippen molar-refractivity contribution in [2.75, 3.05) is 47.4 Å². The van der Waals surface area contributed by atoms with Crippen LogP contribution >= 0.6 is 0 Å². The minimum atomic E-state index is -0.678. The highest BCUT2D eigenvalue weighted by Crippen LogP contribution is 2.38. The van der Waals surface area contributed by atoms with Crippen molar-refractivity contribution in [2.24, 2.45) is 4.99 Å². The second-order valence-corrected chi connectivity index (χ2v) is 12.0. The molecule has 43 heavy (non-hydrogen) atoms.